The molecule has 0 saturated heterocycles. The van der Waals surface area contributed by atoms with Crippen LogP contribution in [-0.2, 0) is 30.5 Å². The molecule has 2 N–H and O–H groups in total. The van der Waals surface area contributed by atoms with Crippen LogP contribution < -0.4 is 10.6 Å². The molecule has 36 heavy (non-hydrogen) atoms. The Morgan fingerprint density at radius 2 is 1.83 bits per heavy atom. The fraction of sp³-hybridized carbons (Fsp3) is 0.538. The zero-order chi connectivity index (χ0) is 26.9. The first-order valence-corrected chi connectivity index (χ1v) is 12.1. The fourth-order valence-electron chi connectivity index (χ4n) is 3.52. The van der Waals surface area contributed by atoms with Gasteiger partial charge < -0.3 is 15.4 Å². The molecule has 0 radical (unpaired) electrons. The molecule has 0 fully saturated rings. The smallest absolute Gasteiger partial charge is 0.302 e. The predicted molar refractivity (Wildman–Crippen MR) is 138 cm³/mol. The van der Waals surface area contributed by atoms with Crippen LogP contribution in [0.5, 0.6) is 0 Å². The molecule has 1 aromatic carbocycles. The summed E-state index contributed by atoms with van der Waals surface area (Å²) >= 11 is 0. The molecule has 1 rings (SSSR count). The van der Waals surface area contributed by atoms with Gasteiger partial charge >= 0.3 is 5.97 Å². The molecule has 10 nitrogen and oxygen atoms in total. The van der Waals surface area contributed by atoms with Gasteiger partial charge in [-0.1, -0.05) is 43.6 Å². The van der Waals surface area contributed by atoms with Crippen LogP contribution in [0.3, 0.4) is 0 Å². The van der Waals surface area contributed by atoms with E-state index in [4.69, 9.17) is 10.3 Å². The molecule has 1 aromatic rings. The normalized spacial score (nSPS) is 12.1. The quantitative estimate of drug-likeness (QED) is 0.0784. The average Bonchev–Trinajstić information content (AvgIpc) is 2.83. The van der Waals surface area contributed by atoms with Crippen molar-refractivity contribution < 1.29 is 23.9 Å². The summed E-state index contributed by atoms with van der Waals surface area (Å²) in [5, 5.41) is 9.10. The molecule has 0 aliphatic heterocycles. The van der Waals surface area contributed by atoms with Crippen molar-refractivity contribution in [1.82, 2.24) is 5.32 Å². The SMILES string of the molecule is C=CC[C@H](CC(=O)[C@@H](NC(=O)CCCCCN=[N+]=[N-])C(C)C)C(=O)Nc1ccc(COC(C)=O)cc1. The van der Waals surface area contributed by atoms with E-state index in [2.05, 4.69) is 27.2 Å². The number of nitrogens with one attached hydrogen (secondary N) is 2. The monoisotopic (exact) mass is 499 g/mol. The lowest BCUT2D eigenvalue weighted by atomic mass is 9.90. The Balaban J connectivity index is 2.69. The third kappa shape index (κ3) is 12.2. The van der Waals surface area contributed by atoms with E-state index in [1.54, 1.807) is 30.3 Å². The van der Waals surface area contributed by atoms with Gasteiger partial charge in [-0.05, 0) is 48.4 Å². The summed E-state index contributed by atoms with van der Waals surface area (Å²) < 4.78 is 4.95. The molecule has 0 heterocycles. The van der Waals surface area contributed by atoms with E-state index in [1.165, 1.54) is 6.92 Å². The number of carbonyl (C=O) groups is 4. The Morgan fingerprint density at radius 3 is 2.42 bits per heavy atom. The van der Waals surface area contributed by atoms with Crippen LogP contribution in [0.25, 0.3) is 10.4 Å². The molecule has 196 valence electrons. The van der Waals surface area contributed by atoms with Crippen LogP contribution in [0.1, 0.15) is 64.9 Å². The summed E-state index contributed by atoms with van der Waals surface area (Å²) in [4.78, 5) is 52.0. The zero-order valence-electron chi connectivity index (χ0n) is 21.4. The maximum atomic E-state index is 13.1. The first-order valence-electron chi connectivity index (χ1n) is 12.1. The zero-order valence-corrected chi connectivity index (χ0v) is 21.4. The molecule has 0 saturated carbocycles. The number of hydrogen-bond acceptors (Lipinski definition) is 6. The molecule has 0 bridgehead atoms. The molecule has 0 aliphatic carbocycles. The number of hydrogen-bond donors (Lipinski definition) is 2. The molecule has 0 aromatic heterocycles. The van der Waals surface area contributed by atoms with E-state index >= 15 is 0 Å². The van der Waals surface area contributed by atoms with Crippen LogP contribution in [-0.4, -0.2) is 36.2 Å². The van der Waals surface area contributed by atoms with Crippen LogP contribution in [0.2, 0.25) is 0 Å². The number of amides is 2. The van der Waals surface area contributed by atoms with Crippen LogP contribution in [0, 0.1) is 11.8 Å². The molecule has 2 atom stereocenters. The number of rotatable bonds is 17. The lowest BCUT2D eigenvalue weighted by molar-refractivity contribution is -0.142. The minimum Gasteiger partial charge on any atom is -0.461 e. The number of unbranched alkanes of at least 4 members (excludes halogenated alkanes) is 2. The number of ether oxygens (including phenoxy) is 1. The van der Waals surface area contributed by atoms with E-state index in [0.717, 1.165) is 12.0 Å². The standard InChI is InChI=1S/C26H37N5O5/c1-5-9-21(26(35)29-22-13-11-20(12-14-22)17-36-19(4)32)16-23(33)25(18(2)3)30-24(34)10-7-6-8-15-28-31-27/h5,11-14,18,21,25H,1,6-10,15-17H2,2-4H3,(H,29,35)(H,30,34)/t21-,25+/m1/s1. The highest BCUT2D eigenvalue weighted by atomic mass is 16.5. The van der Waals surface area contributed by atoms with E-state index in [1.807, 2.05) is 13.8 Å². The third-order valence-corrected chi connectivity index (χ3v) is 5.49. The molecule has 0 spiro atoms. The largest absolute Gasteiger partial charge is 0.461 e. The molecular formula is C26H37N5O5. The van der Waals surface area contributed by atoms with Gasteiger partial charge in [-0.15, -0.1) is 6.58 Å². The summed E-state index contributed by atoms with van der Waals surface area (Å²) in [5.74, 6) is -1.88. The first kappa shape index (κ1) is 30.4. The Morgan fingerprint density at radius 1 is 1.14 bits per heavy atom. The summed E-state index contributed by atoms with van der Waals surface area (Å²) in [5.41, 5.74) is 9.62. The maximum Gasteiger partial charge on any atom is 0.302 e. The highest BCUT2D eigenvalue weighted by Crippen LogP contribution is 2.19. The Labute approximate surface area is 212 Å². The topological polar surface area (TPSA) is 150 Å². The van der Waals surface area contributed by atoms with Gasteiger partial charge in [0.05, 0.1) is 6.04 Å². The number of azide groups is 1. The van der Waals surface area contributed by atoms with Crippen molar-refractivity contribution in [2.24, 2.45) is 17.0 Å². The minimum absolute atomic E-state index is 0.0301. The number of Topliss-reactive ketones (excluding diaryl/α,β-unsaturated/α-hetero) is 1. The van der Waals surface area contributed by atoms with Crippen LogP contribution in [0.4, 0.5) is 5.69 Å². The van der Waals surface area contributed by atoms with Crippen LogP contribution >= 0.6 is 0 Å². The number of esters is 1. The number of ketones is 1. The number of benzene rings is 1. The minimum atomic E-state index is -0.693. The summed E-state index contributed by atoms with van der Waals surface area (Å²) in [6.45, 7) is 9.29. The summed E-state index contributed by atoms with van der Waals surface area (Å²) in [7, 11) is 0. The van der Waals surface area contributed by atoms with E-state index in [0.29, 0.717) is 31.5 Å². The van der Waals surface area contributed by atoms with Gasteiger partial charge in [0.1, 0.15) is 6.61 Å². The maximum absolute atomic E-state index is 13.1. The Bertz CT molecular complexity index is 939. The lowest BCUT2D eigenvalue weighted by Gasteiger charge is -2.23. The van der Waals surface area contributed by atoms with Crippen molar-refractivity contribution >= 4 is 29.3 Å². The molecule has 2 amide bonds. The number of allylic oxidation sites excluding steroid dienone is 1. The van der Waals surface area contributed by atoms with Gasteiger partial charge in [0, 0.05) is 42.8 Å². The predicted octanol–water partition coefficient (Wildman–Crippen LogP) is 4.85. The van der Waals surface area contributed by atoms with Crippen molar-refractivity contribution in [2.45, 2.75) is 71.9 Å². The van der Waals surface area contributed by atoms with E-state index < -0.39 is 12.0 Å². The summed E-state index contributed by atoms with van der Waals surface area (Å²) in [6, 6.07) is 6.20. The van der Waals surface area contributed by atoms with Crippen molar-refractivity contribution in [3.8, 4) is 0 Å². The second-order valence-electron chi connectivity index (χ2n) is 8.91. The van der Waals surface area contributed by atoms with Crippen molar-refractivity contribution in [2.75, 3.05) is 11.9 Å². The van der Waals surface area contributed by atoms with Gasteiger partial charge in [0.2, 0.25) is 11.8 Å². The van der Waals surface area contributed by atoms with Gasteiger partial charge in [0.15, 0.2) is 5.78 Å². The third-order valence-electron chi connectivity index (χ3n) is 5.49. The second kappa shape index (κ2) is 16.9. The van der Waals surface area contributed by atoms with E-state index in [-0.39, 0.29) is 48.9 Å². The molecule has 0 aliphatic rings. The van der Waals surface area contributed by atoms with Crippen LogP contribution in [0.15, 0.2) is 42.0 Å². The van der Waals surface area contributed by atoms with Gasteiger partial charge in [-0.2, -0.15) is 0 Å². The highest BCUT2D eigenvalue weighted by Gasteiger charge is 2.29. The number of anilines is 1. The summed E-state index contributed by atoms with van der Waals surface area (Å²) in [6.07, 6.45) is 4.24. The van der Waals surface area contributed by atoms with Gasteiger partial charge in [-0.25, -0.2) is 0 Å². The van der Waals surface area contributed by atoms with Gasteiger partial charge in [-0.3, -0.25) is 19.2 Å². The molecule has 10 heteroatoms. The van der Waals surface area contributed by atoms with E-state index in [9.17, 15) is 19.2 Å². The highest BCUT2D eigenvalue weighted by molar-refractivity contribution is 5.97. The van der Waals surface area contributed by atoms with Crippen molar-refractivity contribution in [1.29, 1.82) is 0 Å². The average molecular weight is 500 g/mol. The fourth-order valence-corrected chi connectivity index (χ4v) is 3.52. The Kier molecular flexibility index (Phi) is 14.3. The molecule has 0 unspecified atom stereocenters. The second-order valence-corrected chi connectivity index (χ2v) is 8.91. The lowest BCUT2D eigenvalue weighted by Crippen LogP contribution is -2.45. The number of nitrogens with zero attached hydrogens (tertiary/aromatic N) is 3. The van der Waals surface area contributed by atoms with Gasteiger partial charge in [0.25, 0.3) is 0 Å². The Hall–Kier alpha value is -3.65. The molecular weight excluding hydrogens is 462 g/mol. The first-order chi connectivity index (χ1) is 17.2. The van der Waals surface area contributed by atoms with Crippen molar-refractivity contribution in [3.05, 3.63) is 52.9 Å². The van der Waals surface area contributed by atoms with Crippen molar-refractivity contribution in [3.63, 3.8) is 0 Å². The number of carbonyl (C=O) groups excluding carboxylic acids is 4.